The molecule has 0 unspecified atom stereocenters. The van der Waals surface area contributed by atoms with E-state index in [0.717, 1.165) is 0 Å². The highest BCUT2D eigenvalue weighted by Crippen LogP contribution is 2.35. The van der Waals surface area contributed by atoms with Gasteiger partial charge in [-0.3, -0.25) is 14.9 Å². The number of nitrogens with one attached hydrogen (secondary N) is 1. The predicted octanol–water partition coefficient (Wildman–Crippen LogP) is 3.92. The van der Waals surface area contributed by atoms with Crippen molar-refractivity contribution in [2.75, 3.05) is 19.5 Å². The molecule has 0 saturated carbocycles. The van der Waals surface area contributed by atoms with Gasteiger partial charge in [-0.25, -0.2) is 0 Å². The zero-order valence-corrected chi connectivity index (χ0v) is 14.2. The van der Waals surface area contributed by atoms with E-state index in [2.05, 4.69) is 5.32 Å². The zero-order valence-electron chi connectivity index (χ0n) is 13.5. The molecule has 2 aromatic carbocycles. The van der Waals surface area contributed by atoms with Crippen molar-refractivity contribution in [3.63, 3.8) is 0 Å². The number of benzene rings is 2. The smallest absolute Gasteiger partial charge is 0.280 e. The SMILES string of the molecule is COc1cc(/C=C/C(=O)Nc2cccc(Cl)c2)c([N+](=O)[O-])cc1OC. The number of nitro benzene ring substituents is 1. The molecule has 8 heteroatoms. The van der Waals surface area contributed by atoms with Crippen LogP contribution in [0.4, 0.5) is 11.4 Å². The van der Waals surface area contributed by atoms with Crippen LogP contribution in [0.25, 0.3) is 6.08 Å². The molecule has 0 saturated heterocycles. The van der Waals surface area contributed by atoms with Crippen LogP contribution in [-0.2, 0) is 4.79 Å². The van der Waals surface area contributed by atoms with Crippen molar-refractivity contribution in [3.8, 4) is 11.5 Å². The molecule has 0 aliphatic heterocycles. The number of hydrogen-bond acceptors (Lipinski definition) is 5. The molecule has 7 nitrogen and oxygen atoms in total. The topological polar surface area (TPSA) is 90.7 Å². The molecule has 0 spiro atoms. The van der Waals surface area contributed by atoms with E-state index in [9.17, 15) is 14.9 Å². The van der Waals surface area contributed by atoms with Crippen LogP contribution in [0.5, 0.6) is 11.5 Å². The first-order valence-electron chi connectivity index (χ1n) is 7.09. The first-order valence-corrected chi connectivity index (χ1v) is 7.47. The molecule has 0 heterocycles. The maximum Gasteiger partial charge on any atom is 0.280 e. The summed E-state index contributed by atoms with van der Waals surface area (Å²) >= 11 is 5.85. The average molecular weight is 363 g/mol. The lowest BCUT2D eigenvalue weighted by Gasteiger charge is -2.08. The Morgan fingerprint density at radius 2 is 1.88 bits per heavy atom. The molecule has 2 aromatic rings. The van der Waals surface area contributed by atoms with Gasteiger partial charge in [0.25, 0.3) is 5.69 Å². The summed E-state index contributed by atoms with van der Waals surface area (Å²) in [6.07, 6.45) is 2.52. The van der Waals surface area contributed by atoms with E-state index in [-0.39, 0.29) is 17.0 Å². The summed E-state index contributed by atoms with van der Waals surface area (Å²) in [6, 6.07) is 9.32. The van der Waals surface area contributed by atoms with Crippen molar-refractivity contribution in [1.29, 1.82) is 0 Å². The highest BCUT2D eigenvalue weighted by molar-refractivity contribution is 6.30. The van der Waals surface area contributed by atoms with Crippen molar-refractivity contribution in [3.05, 3.63) is 63.2 Å². The highest BCUT2D eigenvalue weighted by Gasteiger charge is 2.18. The van der Waals surface area contributed by atoms with Gasteiger partial charge in [-0.1, -0.05) is 17.7 Å². The number of hydrogen-bond donors (Lipinski definition) is 1. The van der Waals surface area contributed by atoms with E-state index in [0.29, 0.717) is 16.5 Å². The quantitative estimate of drug-likeness (QED) is 0.478. The van der Waals surface area contributed by atoms with Crippen molar-refractivity contribution < 1.29 is 19.2 Å². The molecule has 0 radical (unpaired) electrons. The van der Waals surface area contributed by atoms with Crippen LogP contribution in [0.2, 0.25) is 5.02 Å². The van der Waals surface area contributed by atoms with E-state index in [4.69, 9.17) is 21.1 Å². The molecule has 1 amide bonds. The number of anilines is 1. The number of ether oxygens (including phenoxy) is 2. The van der Waals surface area contributed by atoms with Crippen LogP contribution >= 0.6 is 11.6 Å². The van der Waals surface area contributed by atoms with Crippen LogP contribution in [-0.4, -0.2) is 25.1 Å². The molecule has 0 fully saturated rings. The fourth-order valence-corrected chi connectivity index (χ4v) is 2.28. The third kappa shape index (κ3) is 4.71. The van der Waals surface area contributed by atoms with Gasteiger partial charge in [0.2, 0.25) is 5.91 Å². The molecule has 130 valence electrons. The van der Waals surface area contributed by atoms with Crippen LogP contribution in [0.1, 0.15) is 5.56 Å². The Hall–Kier alpha value is -3.06. The Morgan fingerprint density at radius 3 is 2.48 bits per heavy atom. The number of amides is 1. The summed E-state index contributed by atoms with van der Waals surface area (Å²) < 4.78 is 10.2. The van der Waals surface area contributed by atoms with Gasteiger partial charge in [0.05, 0.1) is 30.8 Å². The van der Waals surface area contributed by atoms with Gasteiger partial charge >= 0.3 is 0 Å². The number of halogens is 1. The normalized spacial score (nSPS) is 10.5. The Morgan fingerprint density at radius 1 is 1.20 bits per heavy atom. The lowest BCUT2D eigenvalue weighted by Crippen LogP contribution is -2.07. The summed E-state index contributed by atoms with van der Waals surface area (Å²) in [6.45, 7) is 0. The fraction of sp³-hybridized carbons (Fsp3) is 0.118. The summed E-state index contributed by atoms with van der Waals surface area (Å²) in [7, 11) is 2.80. The van der Waals surface area contributed by atoms with Gasteiger partial charge in [0.15, 0.2) is 11.5 Å². The molecule has 0 aliphatic rings. The summed E-state index contributed by atoms with van der Waals surface area (Å²) in [5.41, 5.74) is 0.525. The largest absolute Gasteiger partial charge is 0.493 e. The highest BCUT2D eigenvalue weighted by atomic mass is 35.5. The Balaban J connectivity index is 2.26. The van der Waals surface area contributed by atoms with Crippen LogP contribution in [0, 0.1) is 10.1 Å². The minimum Gasteiger partial charge on any atom is -0.493 e. The van der Waals surface area contributed by atoms with E-state index >= 15 is 0 Å². The van der Waals surface area contributed by atoms with Crippen molar-refractivity contribution in [2.24, 2.45) is 0 Å². The average Bonchev–Trinajstić information content (AvgIpc) is 2.59. The third-order valence-electron chi connectivity index (χ3n) is 3.24. The number of nitro groups is 1. The van der Waals surface area contributed by atoms with Crippen LogP contribution < -0.4 is 14.8 Å². The number of nitrogens with zero attached hydrogens (tertiary/aromatic N) is 1. The van der Waals surface area contributed by atoms with Gasteiger partial charge in [-0.15, -0.1) is 0 Å². The number of methoxy groups -OCH3 is 2. The molecule has 0 aromatic heterocycles. The maximum atomic E-state index is 12.0. The van der Waals surface area contributed by atoms with Gasteiger partial charge in [0, 0.05) is 16.8 Å². The second-order valence-electron chi connectivity index (χ2n) is 4.86. The van der Waals surface area contributed by atoms with Gasteiger partial charge in [0.1, 0.15) is 0 Å². The summed E-state index contributed by atoms with van der Waals surface area (Å²) in [5.74, 6) is 0.101. The predicted molar refractivity (Wildman–Crippen MR) is 95.3 cm³/mol. The zero-order chi connectivity index (χ0) is 18.4. The van der Waals surface area contributed by atoms with E-state index in [1.807, 2.05) is 0 Å². The second-order valence-corrected chi connectivity index (χ2v) is 5.29. The van der Waals surface area contributed by atoms with Gasteiger partial charge in [-0.2, -0.15) is 0 Å². The molecular formula is C17H15ClN2O5. The molecule has 25 heavy (non-hydrogen) atoms. The van der Waals surface area contributed by atoms with Crippen molar-refractivity contribution >= 4 is 35.0 Å². The number of carbonyl (C=O) groups is 1. The first kappa shape index (κ1) is 18.3. The van der Waals surface area contributed by atoms with Gasteiger partial charge < -0.3 is 14.8 Å². The molecule has 0 bridgehead atoms. The minimum absolute atomic E-state index is 0.204. The standard InChI is InChI=1S/C17H15ClN2O5/c1-24-15-8-11(14(20(22)23)10-16(15)25-2)6-7-17(21)19-13-5-3-4-12(18)9-13/h3-10H,1-2H3,(H,19,21)/b7-6+. The molecule has 2 rings (SSSR count). The Kier molecular flexibility index (Phi) is 5.97. The van der Waals surface area contributed by atoms with Gasteiger partial charge in [-0.05, 0) is 30.3 Å². The van der Waals surface area contributed by atoms with E-state index < -0.39 is 10.8 Å². The monoisotopic (exact) mass is 362 g/mol. The van der Waals surface area contributed by atoms with Crippen molar-refractivity contribution in [2.45, 2.75) is 0 Å². The van der Waals surface area contributed by atoms with Crippen LogP contribution in [0.15, 0.2) is 42.5 Å². The Labute approximate surface area is 149 Å². The summed E-state index contributed by atoms with van der Waals surface area (Å²) in [4.78, 5) is 22.7. The minimum atomic E-state index is -0.559. The van der Waals surface area contributed by atoms with E-state index in [1.165, 1.54) is 38.5 Å². The van der Waals surface area contributed by atoms with Crippen molar-refractivity contribution in [1.82, 2.24) is 0 Å². The molecule has 1 N–H and O–H groups in total. The third-order valence-corrected chi connectivity index (χ3v) is 3.47. The number of carbonyl (C=O) groups excluding carboxylic acids is 1. The molecule has 0 aliphatic carbocycles. The second kappa shape index (κ2) is 8.16. The van der Waals surface area contributed by atoms with E-state index in [1.54, 1.807) is 24.3 Å². The maximum absolute atomic E-state index is 12.0. The fourth-order valence-electron chi connectivity index (χ4n) is 2.09. The van der Waals surface area contributed by atoms with Crippen LogP contribution in [0.3, 0.4) is 0 Å². The summed E-state index contributed by atoms with van der Waals surface area (Å²) in [5, 5.41) is 14.3. The molecular weight excluding hydrogens is 348 g/mol. The first-order chi connectivity index (χ1) is 11.9. The lowest BCUT2D eigenvalue weighted by atomic mass is 10.1. The lowest BCUT2D eigenvalue weighted by molar-refractivity contribution is -0.385. The molecule has 0 atom stereocenters. The Bertz CT molecular complexity index is 836. The number of rotatable bonds is 6.